The van der Waals surface area contributed by atoms with Crippen LogP contribution < -0.4 is 9.80 Å². The highest BCUT2D eigenvalue weighted by atomic mass is 15.2. The third-order valence-corrected chi connectivity index (χ3v) is 13.6. The van der Waals surface area contributed by atoms with Crippen LogP contribution in [0.25, 0.3) is 77.2 Å². The lowest BCUT2D eigenvalue weighted by molar-refractivity contribution is 1.17. The van der Waals surface area contributed by atoms with Crippen LogP contribution in [0, 0.1) is 0 Å². The molecule has 0 aliphatic rings. The number of hydrogen-bond acceptors (Lipinski definition) is 2. The number of fused-ring (bicyclic) bond motifs is 6. The van der Waals surface area contributed by atoms with Gasteiger partial charge in [0.25, 0.3) is 0 Å². The summed E-state index contributed by atoms with van der Waals surface area (Å²) in [6.45, 7) is 0. The van der Waals surface area contributed by atoms with Gasteiger partial charge in [-0.2, -0.15) is 0 Å². The summed E-state index contributed by atoms with van der Waals surface area (Å²) in [6, 6.07) is 101. The van der Waals surface area contributed by atoms with E-state index in [1.54, 1.807) is 0 Å². The van der Waals surface area contributed by atoms with E-state index in [-0.39, 0.29) is 0 Å². The van der Waals surface area contributed by atoms with E-state index in [1.165, 1.54) is 43.6 Å². The molecule has 0 spiro atoms. The van der Waals surface area contributed by atoms with Gasteiger partial charge in [-0.25, -0.2) is 0 Å². The molecule has 0 fully saturated rings. The highest BCUT2D eigenvalue weighted by molar-refractivity contribution is 6.10. The number of hydrogen-bond donors (Lipinski definition) is 0. The second kappa shape index (κ2) is 17.4. The van der Waals surface area contributed by atoms with E-state index < -0.39 is 0 Å². The maximum Gasteiger partial charge on any atom is 0.0541 e. The summed E-state index contributed by atoms with van der Waals surface area (Å²) < 4.78 is 4.85. The fraction of sp³-hybridized carbons (Fsp3) is 0. The Balaban J connectivity index is 1.01. The van der Waals surface area contributed by atoms with Crippen molar-refractivity contribution < 1.29 is 0 Å². The molecule has 4 heteroatoms. The molecule has 0 aliphatic heterocycles. The van der Waals surface area contributed by atoms with Gasteiger partial charge in [0.05, 0.1) is 22.1 Å². The first-order chi connectivity index (χ1) is 34.7. The molecule has 0 bridgehead atoms. The Hall–Kier alpha value is -9.38. The number of anilines is 6. The third kappa shape index (κ3) is 7.18. The van der Waals surface area contributed by atoms with Crippen molar-refractivity contribution in [3.8, 4) is 33.6 Å². The van der Waals surface area contributed by atoms with E-state index in [9.17, 15) is 0 Å². The number of para-hydroxylation sites is 8. The first-order valence-corrected chi connectivity index (χ1v) is 23.9. The summed E-state index contributed by atoms with van der Waals surface area (Å²) in [4.78, 5) is 4.73. The van der Waals surface area contributed by atoms with E-state index >= 15 is 0 Å². The maximum atomic E-state index is 2.42. The normalized spacial score (nSPS) is 11.4. The van der Waals surface area contributed by atoms with Gasteiger partial charge in [-0.1, -0.05) is 170 Å². The van der Waals surface area contributed by atoms with Crippen LogP contribution in [0.15, 0.2) is 279 Å². The zero-order valence-corrected chi connectivity index (χ0v) is 38.3. The van der Waals surface area contributed by atoms with E-state index in [4.69, 9.17) is 0 Å². The molecular formula is C66H46N4. The van der Waals surface area contributed by atoms with Crippen molar-refractivity contribution in [2.75, 3.05) is 9.80 Å². The standard InChI is InChI=1S/C66H46N4/c1-5-21-51(22-6-1)67(52-23-7-2-8-24-52)55-41-49(43-57(45-55)69-63-33-17-13-29-59(63)60-30-14-18-34-64(60)69)47-37-39-48(40-38-47)50-42-56(68(53-25-9-3-10-26-53)54-27-11-4-12-28-54)46-58(44-50)70-65-35-19-15-31-61(65)62-32-16-20-36-66(62)70/h1-46H. The van der Waals surface area contributed by atoms with E-state index in [2.05, 4.69) is 298 Å². The van der Waals surface area contributed by atoms with Crippen molar-refractivity contribution >= 4 is 77.7 Å². The number of nitrogens with zero attached hydrogens (tertiary/aromatic N) is 4. The summed E-state index contributed by atoms with van der Waals surface area (Å²) >= 11 is 0. The van der Waals surface area contributed by atoms with Gasteiger partial charge in [0.2, 0.25) is 0 Å². The zero-order valence-electron chi connectivity index (χ0n) is 38.3. The first-order valence-electron chi connectivity index (χ1n) is 23.9. The largest absolute Gasteiger partial charge is 0.310 e. The molecule has 0 saturated heterocycles. The van der Waals surface area contributed by atoms with Crippen molar-refractivity contribution in [1.29, 1.82) is 0 Å². The Morgan fingerprint density at radius 2 is 0.457 bits per heavy atom. The average molecular weight is 895 g/mol. The lowest BCUT2D eigenvalue weighted by Crippen LogP contribution is -2.11. The van der Waals surface area contributed by atoms with Gasteiger partial charge in [0.1, 0.15) is 0 Å². The van der Waals surface area contributed by atoms with Crippen LogP contribution in [0.2, 0.25) is 0 Å². The number of aromatic nitrogens is 2. The van der Waals surface area contributed by atoms with Crippen molar-refractivity contribution in [1.82, 2.24) is 9.13 Å². The summed E-state index contributed by atoms with van der Waals surface area (Å²) in [7, 11) is 0. The minimum Gasteiger partial charge on any atom is -0.310 e. The number of rotatable bonds is 10. The van der Waals surface area contributed by atoms with Crippen LogP contribution in [0.5, 0.6) is 0 Å². The van der Waals surface area contributed by atoms with Gasteiger partial charge in [0.15, 0.2) is 0 Å². The molecule has 4 nitrogen and oxygen atoms in total. The third-order valence-electron chi connectivity index (χ3n) is 13.6. The highest BCUT2D eigenvalue weighted by Gasteiger charge is 2.21. The average Bonchev–Trinajstić information content (AvgIpc) is 3.95. The fourth-order valence-electron chi connectivity index (χ4n) is 10.5. The minimum atomic E-state index is 1.07. The molecule has 2 heterocycles. The van der Waals surface area contributed by atoms with Crippen molar-refractivity contribution in [3.05, 3.63) is 279 Å². The smallest absolute Gasteiger partial charge is 0.0541 e. The SMILES string of the molecule is c1ccc(N(c2ccccc2)c2cc(-c3ccc(-c4cc(N(c5ccccc5)c5ccccc5)cc(-n5c6ccccc6c6ccccc65)c4)cc3)cc(-n3c4ccccc4c4ccccc43)c2)cc1. The molecule has 0 amide bonds. The summed E-state index contributed by atoms with van der Waals surface area (Å²) in [5, 5.41) is 4.94. The monoisotopic (exact) mass is 894 g/mol. The topological polar surface area (TPSA) is 16.3 Å². The maximum absolute atomic E-state index is 2.42. The van der Waals surface area contributed by atoms with Crippen molar-refractivity contribution in [2.45, 2.75) is 0 Å². The summed E-state index contributed by atoms with van der Waals surface area (Å²) in [5.41, 5.74) is 17.9. The number of benzene rings is 11. The molecule has 330 valence electrons. The van der Waals surface area contributed by atoms with Crippen LogP contribution in [-0.4, -0.2) is 9.13 Å². The van der Waals surface area contributed by atoms with Gasteiger partial charge < -0.3 is 18.9 Å². The molecule has 13 aromatic rings. The van der Waals surface area contributed by atoms with Crippen LogP contribution >= 0.6 is 0 Å². The van der Waals surface area contributed by atoms with Crippen molar-refractivity contribution in [3.63, 3.8) is 0 Å². The predicted molar refractivity (Wildman–Crippen MR) is 295 cm³/mol. The molecule has 13 rings (SSSR count). The quantitative estimate of drug-likeness (QED) is 0.136. The van der Waals surface area contributed by atoms with E-state index in [0.29, 0.717) is 0 Å². The van der Waals surface area contributed by atoms with Gasteiger partial charge in [-0.15, -0.1) is 0 Å². The zero-order chi connectivity index (χ0) is 46.4. The molecule has 0 saturated carbocycles. The molecule has 2 aromatic heterocycles. The molecule has 11 aromatic carbocycles. The van der Waals surface area contributed by atoms with Crippen LogP contribution in [0.1, 0.15) is 0 Å². The van der Waals surface area contributed by atoms with Crippen molar-refractivity contribution in [2.24, 2.45) is 0 Å². The van der Waals surface area contributed by atoms with Gasteiger partial charge in [0, 0.05) is 67.0 Å². The van der Waals surface area contributed by atoms with E-state index in [0.717, 1.165) is 67.8 Å². The van der Waals surface area contributed by atoms with Crippen LogP contribution in [0.3, 0.4) is 0 Å². The van der Waals surface area contributed by atoms with Gasteiger partial charge in [-0.3, -0.25) is 0 Å². The van der Waals surface area contributed by atoms with Gasteiger partial charge >= 0.3 is 0 Å². The predicted octanol–water partition coefficient (Wildman–Crippen LogP) is 18.2. The fourth-order valence-corrected chi connectivity index (χ4v) is 10.5. The Labute approximate surface area is 407 Å². The molecule has 0 unspecified atom stereocenters. The molecule has 0 radical (unpaired) electrons. The highest BCUT2D eigenvalue weighted by Crippen LogP contribution is 2.43. The molecular weight excluding hydrogens is 849 g/mol. The molecule has 0 atom stereocenters. The Bertz CT molecular complexity index is 3540. The van der Waals surface area contributed by atoms with E-state index in [1.807, 2.05) is 0 Å². The summed E-state index contributed by atoms with van der Waals surface area (Å²) in [5.74, 6) is 0. The second-order valence-corrected chi connectivity index (χ2v) is 17.8. The Morgan fingerprint density at radius 1 is 0.200 bits per heavy atom. The lowest BCUT2D eigenvalue weighted by Gasteiger charge is -2.27. The molecule has 70 heavy (non-hydrogen) atoms. The van der Waals surface area contributed by atoms with Crippen LogP contribution in [0.4, 0.5) is 34.1 Å². The summed E-state index contributed by atoms with van der Waals surface area (Å²) in [6.07, 6.45) is 0. The lowest BCUT2D eigenvalue weighted by atomic mass is 9.98. The second-order valence-electron chi connectivity index (χ2n) is 17.8. The van der Waals surface area contributed by atoms with Gasteiger partial charge in [-0.05, 0) is 131 Å². The first kappa shape index (κ1) is 40.9. The Kier molecular flexibility index (Phi) is 10.1. The molecule has 0 aliphatic carbocycles. The Morgan fingerprint density at radius 3 is 0.743 bits per heavy atom. The van der Waals surface area contributed by atoms with Crippen LogP contribution in [-0.2, 0) is 0 Å². The molecule has 0 N–H and O–H groups in total. The minimum absolute atomic E-state index is 1.07.